The molecule has 212 valence electrons. The van der Waals surface area contributed by atoms with Crippen molar-refractivity contribution in [2.75, 3.05) is 18.1 Å². The summed E-state index contributed by atoms with van der Waals surface area (Å²) in [6, 6.07) is 6.89. The van der Waals surface area contributed by atoms with Crippen molar-refractivity contribution in [2.24, 2.45) is 0 Å². The third-order valence-corrected chi connectivity index (χ3v) is 7.59. The molecule has 2 aromatic heterocycles. The quantitative estimate of drug-likeness (QED) is 0.153. The van der Waals surface area contributed by atoms with Gasteiger partial charge in [-0.15, -0.1) is 0 Å². The van der Waals surface area contributed by atoms with Crippen LogP contribution in [0.25, 0.3) is 11.2 Å². The van der Waals surface area contributed by atoms with E-state index in [0.717, 1.165) is 10.9 Å². The molecule has 1 unspecified atom stereocenters. The molecule has 6 atom stereocenters. The molecule has 0 aliphatic carbocycles. The standard InChI is InChI=1S/C22H28ClFN7O7P/c1-11(2)36-19(33)12(3)30-39(34,38-13-7-5-4-6-8-13)35-9-14-16(32)22(23,24)20(37-14)31-10-27-15-17(25)28-21(26)29-18(15)31/h4-8,10-12,14,16,20,32H,9H2,1-3H3,(H,30,34)(H4,25,26,28,29)/t12-,14+,16+,20+,22-,39?/m0/s1. The minimum absolute atomic E-state index is 0.0127. The van der Waals surface area contributed by atoms with Crippen LogP contribution in [-0.2, 0) is 23.4 Å². The van der Waals surface area contributed by atoms with Crippen molar-refractivity contribution in [3.63, 3.8) is 0 Å². The topological polar surface area (TPSA) is 199 Å². The third kappa shape index (κ3) is 6.24. The summed E-state index contributed by atoms with van der Waals surface area (Å²) in [5.41, 5.74) is 11.6. The molecule has 0 radical (unpaired) electrons. The number of aliphatic hydroxyl groups is 1. The summed E-state index contributed by atoms with van der Waals surface area (Å²) in [6.07, 6.45) is -4.35. The van der Waals surface area contributed by atoms with Crippen molar-refractivity contribution >= 4 is 48.2 Å². The van der Waals surface area contributed by atoms with Crippen LogP contribution in [0.4, 0.5) is 16.2 Å². The van der Waals surface area contributed by atoms with Crippen molar-refractivity contribution in [1.82, 2.24) is 24.6 Å². The molecule has 6 N–H and O–H groups in total. The summed E-state index contributed by atoms with van der Waals surface area (Å²) in [7, 11) is -4.33. The Balaban J connectivity index is 1.55. The van der Waals surface area contributed by atoms with E-state index in [1.807, 2.05) is 0 Å². The Labute approximate surface area is 227 Å². The van der Waals surface area contributed by atoms with Gasteiger partial charge in [-0.3, -0.25) is 13.9 Å². The fourth-order valence-electron chi connectivity index (χ4n) is 3.74. The number of hydrogen-bond donors (Lipinski definition) is 4. The molecule has 0 bridgehead atoms. The minimum Gasteiger partial charge on any atom is -0.462 e. The number of aliphatic hydroxyl groups excluding tert-OH is 1. The molecular formula is C22H28ClFN7O7P. The number of nitrogens with one attached hydrogen (secondary N) is 1. The Morgan fingerprint density at radius 2 is 2.00 bits per heavy atom. The van der Waals surface area contributed by atoms with E-state index in [1.54, 1.807) is 32.0 Å². The van der Waals surface area contributed by atoms with Gasteiger partial charge in [0.05, 0.1) is 19.0 Å². The van der Waals surface area contributed by atoms with Gasteiger partial charge in [-0.2, -0.15) is 15.1 Å². The predicted molar refractivity (Wildman–Crippen MR) is 138 cm³/mol. The number of aromatic nitrogens is 4. The smallest absolute Gasteiger partial charge is 0.459 e. The van der Waals surface area contributed by atoms with Crippen LogP contribution >= 0.6 is 19.3 Å². The van der Waals surface area contributed by atoms with Crippen molar-refractivity contribution in [3.05, 3.63) is 36.7 Å². The Bertz CT molecular complexity index is 1380. The number of rotatable bonds is 10. The van der Waals surface area contributed by atoms with Gasteiger partial charge in [0.1, 0.15) is 29.5 Å². The lowest BCUT2D eigenvalue weighted by molar-refractivity contribution is -0.149. The Morgan fingerprint density at radius 1 is 1.31 bits per heavy atom. The van der Waals surface area contributed by atoms with Gasteiger partial charge in [-0.05, 0) is 32.9 Å². The molecule has 0 spiro atoms. The number of halogens is 2. The molecule has 1 fully saturated rings. The highest BCUT2D eigenvalue weighted by atomic mass is 35.5. The zero-order valence-corrected chi connectivity index (χ0v) is 22.8. The van der Waals surface area contributed by atoms with Crippen molar-refractivity contribution in [3.8, 4) is 5.75 Å². The Morgan fingerprint density at radius 3 is 2.67 bits per heavy atom. The van der Waals surface area contributed by atoms with Crippen LogP contribution in [0, 0.1) is 0 Å². The highest BCUT2D eigenvalue weighted by Crippen LogP contribution is 2.49. The van der Waals surface area contributed by atoms with Crippen LogP contribution < -0.4 is 21.1 Å². The van der Waals surface area contributed by atoms with E-state index in [9.17, 15) is 14.5 Å². The lowest BCUT2D eigenvalue weighted by Gasteiger charge is -2.25. The second-order valence-corrected chi connectivity index (χ2v) is 11.2. The molecule has 1 saturated heterocycles. The number of anilines is 2. The van der Waals surface area contributed by atoms with Gasteiger partial charge in [0, 0.05) is 0 Å². The van der Waals surface area contributed by atoms with Crippen LogP contribution in [0.5, 0.6) is 5.75 Å². The van der Waals surface area contributed by atoms with Gasteiger partial charge < -0.3 is 30.6 Å². The molecule has 0 saturated carbocycles. The number of para-hydroxylation sites is 1. The van der Waals surface area contributed by atoms with Crippen molar-refractivity contribution in [1.29, 1.82) is 0 Å². The van der Waals surface area contributed by atoms with Gasteiger partial charge in [0.15, 0.2) is 17.7 Å². The van der Waals surface area contributed by atoms with Crippen LogP contribution in [0.1, 0.15) is 27.0 Å². The van der Waals surface area contributed by atoms with E-state index < -0.39 is 56.0 Å². The molecule has 14 nitrogen and oxygen atoms in total. The molecule has 1 aliphatic heterocycles. The van der Waals surface area contributed by atoms with Gasteiger partial charge >= 0.3 is 13.7 Å². The fraction of sp³-hybridized carbons (Fsp3) is 0.455. The highest BCUT2D eigenvalue weighted by Gasteiger charge is 2.58. The Kier molecular flexibility index (Phi) is 8.30. The van der Waals surface area contributed by atoms with Crippen molar-refractivity contribution < 1.29 is 37.4 Å². The second kappa shape index (κ2) is 11.2. The van der Waals surface area contributed by atoms with Crippen LogP contribution in [0.15, 0.2) is 36.7 Å². The minimum atomic E-state index is -4.33. The van der Waals surface area contributed by atoms with Crippen LogP contribution in [0.3, 0.4) is 0 Å². The summed E-state index contributed by atoms with van der Waals surface area (Å²) in [5.74, 6) is -0.808. The fourth-order valence-corrected chi connectivity index (χ4v) is 5.54. The van der Waals surface area contributed by atoms with Crippen LogP contribution in [-0.4, -0.2) is 66.7 Å². The number of nitrogens with two attached hydrogens (primary N) is 2. The number of alkyl halides is 2. The normalized spacial score (nSPS) is 25.5. The number of fused-ring (bicyclic) bond motifs is 1. The van der Waals surface area contributed by atoms with E-state index in [2.05, 4.69) is 20.0 Å². The number of imidazole rings is 1. The average Bonchev–Trinajstić information content (AvgIpc) is 3.36. The number of carbonyl (C=O) groups is 1. The summed E-state index contributed by atoms with van der Waals surface area (Å²) in [4.78, 5) is 24.2. The monoisotopic (exact) mass is 587 g/mol. The van der Waals surface area contributed by atoms with E-state index in [-0.39, 0.29) is 28.7 Å². The van der Waals surface area contributed by atoms with E-state index in [4.69, 9.17) is 41.6 Å². The van der Waals surface area contributed by atoms with Crippen LogP contribution in [0.2, 0.25) is 0 Å². The SMILES string of the molecule is CC(C)OC(=O)[C@H](C)NP(=O)(OC[C@H]1O[C@@H](n2cnc3c(N)nc(N)nc32)[C@](F)(Cl)[C@@H]1O)Oc1ccccc1. The maximum absolute atomic E-state index is 15.6. The van der Waals surface area contributed by atoms with Gasteiger partial charge in [0.2, 0.25) is 5.95 Å². The maximum Gasteiger partial charge on any atom is 0.459 e. The highest BCUT2D eigenvalue weighted by molar-refractivity contribution is 7.52. The number of ether oxygens (including phenoxy) is 2. The summed E-state index contributed by atoms with van der Waals surface area (Å²) < 4.78 is 52.3. The first-order valence-corrected chi connectivity index (χ1v) is 13.7. The number of nitrogens with zero attached hydrogens (tertiary/aromatic N) is 4. The number of nitrogen functional groups attached to an aromatic ring is 2. The molecule has 1 aromatic carbocycles. The zero-order valence-electron chi connectivity index (χ0n) is 21.1. The molecule has 39 heavy (non-hydrogen) atoms. The van der Waals surface area contributed by atoms with Gasteiger partial charge in [-0.25, -0.2) is 13.9 Å². The number of carbonyl (C=O) groups excluding carboxylic acids is 1. The molecular weight excluding hydrogens is 560 g/mol. The second-order valence-electron chi connectivity index (χ2n) is 8.97. The van der Waals surface area contributed by atoms with Crippen molar-refractivity contribution in [2.45, 2.75) is 56.5 Å². The van der Waals surface area contributed by atoms with Gasteiger partial charge in [0.25, 0.3) is 5.13 Å². The summed E-state index contributed by atoms with van der Waals surface area (Å²) in [6.45, 7) is 4.06. The molecule has 0 amide bonds. The first-order valence-electron chi connectivity index (χ1n) is 11.7. The summed E-state index contributed by atoms with van der Waals surface area (Å²) >= 11 is 6.08. The predicted octanol–water partition coefficient (Wildman–Crippen LogP) is 2.29. The van der Waals surface area contributed by atoms with Gasteiger partial charge in [-0.1, -0.05) is 29.8 Å². The zero-order chi connectivity index (χ0) is 28.5. The molecule has 4 rings (SSSR count). The molecule has 3 heterocycles. The number of esters is 1. The third-order valence-electron chi connectivity index (χ3n) is 5.53. The first kappa shape index (κ1) is 28.9. The molecule has 1 aliphatic rings. The lowest BCUT2D eigenvalue weighted by Crippen LogP contribution is -2.40. The lowest BCUT2D eigenvalue weighted by atomic mass is 10.1. The first-order chi connectivity index (χ1) is 18.3. The number of benzene rings is 1. The van der Waals surface area contributed by atoms with E-state index in [1.165, 1.54) is 19.1 Å². The molecule has 3 aromatic rings. The maximum atomic E-state index is 15.6. The average molecular weight is 588 g/mol. The number of hydrogen-bond acceptors (Lipinski definition) is 12. The van der Waals surface area contributed by atoms with E-state index in [0.29, 0.717) is 0 Å². The Hall–Kier alpha value is -3.07. The largest absolute Gasteiger partial charge is 0.462 e. The molecule has 17 heteroatoms. The summed E-state index contributed by atoms with van der Waals surface area (Å²) in [5, 5.41) is 10.3. The van der Waals surface area contributed by atoms with E-state index >= 15 is 4.39 Å².